The van der Waals surface area contributed by atoms with Gasteiger partial charge in [-0.3, -0.25) is 10.9 Å². The highest BCUT2D eigenvalue weighted by molar-refractivity contribution is 7.80. The fraction of sp³-hybridized carbons (Fsp3) is 0. The van der Waals surface area contributed by atoms with Gasteiger partial charge in [0.25, 0.3) is 0 Å². The van der Waals surface area contributed by atoms with Crippen LogP contribution in [0, 0.1) is 0 Å². The number of para-hydroxylation sites is 2. The summed E-state index contributed by atoms with van der Waals surface area (Å²) in [4.78, 5) is 4.26. The molecule has 0 atom stereocenters. The molecule has 0 amide bonds. The number of nitrogens with one attached hydrogen (secondary N) is 3. The third-order valence-corrected chi connectivity index (χ3v) is 3.14. The lowest BCUT2D eigenvalue weighted by Crippen LogP contribution is -2.33. The van der Waals surface area contributed by atoms with Crippen LogP contribution in [-0.4, -0.2) is 10.1 Å². The molecule has 1 aromatic heterocycles. The number of halogens is 1. The smallest absolute Gasteiger partial charge is 0.315 e. The first-order valence-corrected chi connectivity index (χ1v) is 6.93. The molecule has 0 saturated heterocycles. The number of thiocarbonyl (C=S) groups is 1. The minimum Gasteiger partial charge on any atom is -0.422 e. The van der Waals surface area contributed by atoms with Crippen LogP contribution in [0.4, 0.5) is 11.7 Å². The Balaban J connectivity index is 1.59. The molecule has 0 saturated carbocycles. The molecule has 0 bridgehead atoms. The van der Waals surface area contributed by atoms with Crippen molar-refractivity contribution in [1.29, 1.82) is 0 Å². The van der Waals surface area contributed by atoms with Gasteiger partial charge in [-0.15, -0.1) is 0 Å². The second-order valence-electron chi connectivity index (χ2n) is 4.20. The van der Waals surface area contributed by atoms with Crippen molar-refractivity contribution < 1.29 is 4.42 Å². The Labute approximate surface area is 131 Å². The Hall–Kier alpha value is -2.31. The maximum Gasteiger partial charge on any atom is 0.315 e. The Bertz CT molecular complexity index is 739. The van der Waals surface area contributed by atoms with Gasteiger partial charge in [0.15, 0.2) is 10.7 Å². The number of fused-ring (bicyclic) bond motifs is 1. The molecule has 2 aromatic carbocycles. The average molecular weight is 319 g/mol. The van der Waals surface area contributed by atoms with Crippen molar-refractivity contribution in [1.82, 2.24) is 10.4 Å². The third-order valence-electron chi connectivity index (χ3n) is 2.68. The fourth-order valence-electron chi connectivity index (χ4n) is 1.73. The van der Waals surface area contributed by atoms with Gasteiger partial charge in [-0.1, -0.05) is 23.7 Å². The average Bonchev–Trinajstić information content (AvgIpc) is 2.90. The van der Waals surface area contributed by atoms with Gasteiger partial charge in [0.1, 0.15) is 5.52 Å². The summed E-state index contributed by atoms with van der Waals surface area (Å²) in [5.74, 6) is 0. The van der Waals surface area contributed by atoms with E-state index in [2.05, 4.69) is 21.2 Å². The van der Waals surface area contributed by atoms with Crippen LogP contribution in [0.15, 0.2) is 52.9 Å². The summed E-state index contributed by atoms with van der Waals surface area (Å²) in [5.41, 5.74) is 7.93. The zero-order chi connectivity index (χ0) is 14.7. The van der Waals surface area contributed by atoms with Crippen molar-refractivity contribution in [3.8, 4) is 0 Å². The van der Waals surface area contributed by atoms with Gasteiger partial charge in [0.2, 0.25) is 0 Å². The molecule has 1 heterocycles. The number of hydrogen-bond acceptors (Lipinski definition) is 4. The number of oxazole rings is 1. The van der Waals surface area contributed by atoms with Crippen molar-refractivity contribution >= 4 is 51.7 Å². The van der Waals surface area contributed by atoms with Gasteiger partial charge >= 0.3 is 6.01 Å². The largest absolute Gasteiger partial charge is 0.422 e. The van der Waals surface area contributed by atoms with E-state index in [1.807, 2.05) is 36.4 Å². The lowest BCUT2D eigenvalue weighted by Gasteiger charge is -2.10. The van der Waals surface area contributed by atoms with Crippen LogP contribution < -0.4 is 16.2 Å². The lowest BCUT2D eigenvalue weighted by atomic mass is 10.3. The van der Waals surface area contributed by atoms with Crippen LogP contribution in [0.2, 0.25) is 5.02 Å². The number of aromatic nitrogens is 1. The molecule has 0 fully saturated rings. The van der Waals surface area contributed by atoms with Crippen molar-refractivity contribution in [3.05, 3.63) is 53.6 Å². The molecule has 0 spiro atoms. The highest BCUT2D eigenvalue weighted by Crippen LogP contribution is 2.17. The Morgan fingerprint density at radius 1 is 1.10 bits per heavy atom. The van der Waals surface area contributed by atoms with Crippen molar-refractivity contribution in [2.45, 2.75) is 0 Å². The maximum atomic E-state index is 5.82. The minimum atomic E-state index is 0.344. The van der Waals surface area contributed by atoms with Gasteiger partial charge < -0.3 is 9.73 Å². The van der Waals surface area contributed by atoms with Crippen LogP contribution in [0.5, 0.6) is 0 Å². The van der Waals surface area contributed by atoms with Crippen LogP contribution in [-0.2, 0) is 0 Å². The normalized spacial score (nSPS) is 10.3. The molecule has 21 heavy (non-hydrogen) atoms. The summed E-state index contributed by atoms with van der Waals surface area (Å²) in [6, 6.07) is 15.1. The zero-order valence-corrected chi connectivity index (χ0v) is 12.3. The molecule has 3 rings (SSSR count). The van der Waals surface area contributed by atoms with E-state index in [1.54, 1.807) is 12.1 Å². The van der Waals surface area contributed by atoms with Crippen molar-refractivity contribution in [2.75, 3.05) is 10.7 Å². The second-order valence-corrected chi connectivity index (χ2v) is 5.04. The molecule has 0 unspecified atom stereocenters. The molecular formula is C14H11ClN4OS. The minimum absolute atomic E-state index is 0.344. The predicted molar refractivity (Wildman–Crippen MR) is 88.4 cm³/mol. The topological polar surface area (TPSA) is 62.1 Å². The number of hydrazine groups is 1. The summed E-state index contributed by atoms with van der Waals surface area (Å²) in [6.45, 7) is 0. The first kappa shape index (κ1) is 13.7. The summed E-state index contributed by atoms with van der Waals surface area (Å²) in [6.07, 6.45) is 0. The van der Waals surface area contributed by atoms with Crippen LogP contribution in [0.3, 0.4) is 0 Å². The van der Waals surface area contributed by atoms with E-state index < -0.39 is 0 Å². The lowest BCUT2D eigenvalue weighted by molar-refractivity contribution is 0.612. The monoisotopic (exact) mass is 318 g/mol. The van der Waals surface area contributed by atoms with Crippen LogP contribution in [0.25, 0.3) is 11.1 Å². The standard InChI is InChI=1S/C14H11ClN4OS/c15-9-5-7-10(8-6-9)16-14(21)19-18-13-17-11-3-1-2-4-12(11)20-13/h1-8H,(H,17,18)(H2,16,19,21). The summed E-state index contributed by atoms with van der Waals surface area (Å²) in [7, 11) is 0. The number of anilines is 2. The molecule has 106 valence electrons. The Morgan fingerprint density at radius 2 is 1.86 bits per heavy atom. The second kappa shape index (κ2) is 5.99. The van der Waals surface area contributed by atoms with E-state index in [4.69, 9.17) is 28.2 Å². The molecule has 0 aliphatic rings. The van der Waals surface area contributed by atoms with Gasteiger partial charge in [-0.05, 0) is 48.6 Å². The highest BCUT2D eigenvalue weighted by atomic mass is 35.5. The quantitative estimate of drug-likeness (QED) is 0.504. The first-order chi connectivity index (χ1) is 10.2. The summed E-state index contributed by atoms with van der Waals surface area (Å²) < 4.78 is 5.49. The molecular weight excluding hydrogens is 308 g/mol. The number of hydrogen-bond donors (Lipinski definition) is 3. The van der Waals surface area contributed by atoms with E-state index in [9.17, 15) is 0 Å². The molecule has 5 nitrogen and oxygen atoms in total. The summed E-state index contributed by atoms with van der Waals surface area (Å²) >= 11 is 11.0. The maximum absolute atomic E-state index is 5.82. The molecule has 3 N–H and O–H groups in total. The van der Waals surface area contributed by atoms with Crippen molar-refractivity contribution in [2.24, 2.45) is 0 Å². The molecule has 3 aromatic rings. The Morgan fingerprint density at radius 3 is 2.62 bits per heavy atom. The number of nitrogens with zero attached hydrogens (tertiary/aromatic N) is 1. The van der Waals surface area contributed by atoms with E-state index in [1.165, 1.54) is 0 Å². The summed E-state index contributed by atoms with van der Waals surface area (Å²) in [5, 5.41) is 4.06. The van der Waals surface area contributed by atoms with Crippen LogP contribution >= 0.6 is 23.8 Å². The number of rotatable bonds is 3. The molecule has 0 radical (unpaired) electrons. The van der Waals surface area contributed by atoms with E-state index in [-0.39, 0.29) is 0 Å². The van der Waals surface area contributed by atoms with Gasteiger partial charge in [-0.25, -0.2) is 0 Å². The molecule has 0 aliphatic carbocycles. The predicted octanol–water partition coefficient (Wildman–Crippen LogP) is 3.79. The van der Waals surface area contributed by atoms with E-state index in [0.29, 0.717) is 21.7 Å². The van der Waals surface area contributed by atoms with Gasteiger partial charge in [0, 0.05) is 10.7 Å². The van der Waals surface area contributed by atoms with Gasteiger partial charge in [0.05, 0.1) is 0 Å². The Kier molecular flexibility index (Phi) is 3.89. The number of benzene rings is 2. The highest BCUT2D eigenvalue weighted by Gasteiger charge is 2.04. The first-order valence-electron chi connectivity index (χ1n) is 6.15. The third kappa shape index (κ3) is 3.42. The van der Waals surface area contributed by atoms with E-state index in [0.717, 1.165) is 11.2 Å². The van der Waals surface area contributed by atoms with Crippen LogP contribution in [0.1, 0.15) is 0 Å². The van der Waals surface area contributed by atoms with E-state index >= 15 is 0 Å². The van der Waals surface area contributed by atoms with Crippen molar-refractivity contribution in [3.63, 3.8) is 0 Å². The van der Waals surface area contributed by atoms with Gasteiger partial charge in [-0.2, -0.15) is 4.98 Å². The fourth-order valence-corrected chi connectivity index (χ4v) is 2.03. The molecule has 0 aliphatic heterocycles. The molecule has 7 heteroatoms. The zero-order valence-electron chi connectivity index (χ0n) is 10.8. The SMILES string of the molecule is S=C(NNc1nc2ccccc2o1)Nc1ccc(Cl)cc1.